The van der Waals surface area contributed by atoms with E-state index < -0.39 is 0 Å². The summed E-state index contributed by atoms with van der Waals surface area (Å²) in [4.78, 5) is 15.8. The second-order valence-corrected chi connectivity index (χ2v) is 6.73. The van der Waals surface area contributed by atoms with E-state index in [1.54, 1.807) is 6.33 Å². The zero-order chi connectivity index (χ0) is 19.5. The summed E-state index contributed by atoms with van der Waals surface area (Å²) < 4.78 is 1.99. The molecule has 0 bridgehead atoms. The van der Waals surface area contributed by atoms with E-state index in [1.165, 1.54) is 11.9 Å². The highest BCUT2D eigenvalue weighted by molar-refractivity contribution is 5.82. The van der Waals surface area contributed by atoms with Gasteiger partial charge in [0, 0.05) is 23.9 Å². The van der Waals surface area contributed by atoms with Crippen LogP contribution in [0.4, 0.5) is 5.82 Å². The van der Waals surface area contributed by atoms with Gasteiger partial charge in [-0.3, -0.25) is 4.68 Å². The van der Waals surface area contributed by atoms with Gasteiger partial charge in [0.05, 0.1) is 18.6 Å². The Bertz CT molecular complexity index is 1230. The number of hydrogen-bond donors (Lipinski definition) is 2. The van der Waals surface area contributed by atoms with Crippen molar-refractivity contribution < 1.29 is 0 Å². The summed E-state index contributed by atoms with van der Waals surface area (Å²) in [5.41, 5.74) is 5.80. The Morgan fingerprint density at radius 3 is 2.52 bits per heavy atom. The van der Waals surface area contributed by atoms with E-state index >= 15 is 0 Å². The molecule has 0 aliphatic rings. The lowest BCUT2D eigenvalue weighted by molar-refractivity contribution is 0.688. The van der Waals surface area contributed by atoms with Crippen LogP contribution in [0, 0.1) is 0 Å². The fourth-order valence-corrected chi connectivity index (χ4v) is 3.36. The summed E-state index contributed by atoms with van der Waals surface area (Å²) in [6.45, 7) is 1.31. The molecule has 142 valence electrons. The normalized spacial score (nSPS) is 11.0. The minimum Gasteiger partial charge on any atom is -0.364 e. The number of aromatic amines is 1. The third-order valence-corrected chi connectivity index (χ3v) is 4.74. The van der Waals surface area contributed by atoms with Crippen LogP contribution in [0.5, 0.6) is 0 Å². The molecule has 3 heterocycles. The van der Waals surface area contributed by atoms with Crippen LogP contribution in [0.25, 0.3) is 22.4 Å². The predicted octanol–water partition coefficient (Wildman–Crippen LogP) is 3.88. The summed E-state index contributed by atoms with van der Waals surface area (Å²) in [6, 6.07) is 20.6. The summed E-state index contributed by atoms with van der Waals surface area (Å²) >= 11 is 0. The fourth-order valence-electron chi connectivity index (χ4n) is 3.36. The van der Waals surface area contributed by atoms with E-state index in [-0.39, 0.29) is 0 Å². The molecule has 0 spiro atoms. The molecular weight excluding hydrogens is 362 g/mol. The average molecular weight is 381 g/mol. The predicted molar refractivity (Wildman–Crippen MR) is 112 cm³/mol. The lowest BCUT2D eigenvalue weighted by Gasteiger charge is -2.06. The monoisotopic (exact) mass is 381 g/mol. The highest BCUT2D eigenvalue weighted by Gasteiger charge is 2.13. The molecule has 0 saturated carbocycles. The van der Waals surface area contributed by atoms with Gasteiger partial charge in [0.2, 0.25) is 0 Å². The van der Waals surface area contributed by atoms with Crippen LogP contribution in [0.2, 0.25) is 0 Å². The molecule has 0 saturated heterocycles. The number of H-pyrrole nitrogens is 1. The van der Waals surface area contributed by atoms with E-state index in [1.807, 2.05) is 41.1 Å². The van der Waals surface area contributed by atoms with Gasteiger partial charge in [0.15, 0.2) is 11.5 Å². The zero-order valence-electron chi connectivity index (χ0n) is 15.7. The summed E-state index contributed by atoms with van der Waals surface area (Å²) in [5.74, 6) is 0.724. The number of hydrogen-bond acceptors (Lipinski definition) is 5. The van der Waals surface area contributed by atoms with Crippen molar-refractivity contribution >= 4 is 17.0 Å². The Hall–Kier alpha value is -4.00. The fraction of sp³-hybridized carbons (Fsp3) is 0.0909. The molecule has 5 rings (SSSR count). The third kappa shape index (κ3) is 3.58. The Morgan fingerprint density at radius 1 is 0.897 bits per heavy atom. The highest BCUT2D eigenvalue weighted by atomic mass is 15.3. The molecule has 0 atom stereocenters. The first-order valence-corrected chi connectivity index (χ1v) is 9.40. The van der Waals surface area contributed by atoms with Crippen molar-refractivity contribution in [3.8, 4) is 11.3 Å². The van der Waals surface area contributed by atoms with Crippen LogP contribution in [0.15, 0.2) is 79.5 Å². The largest absolute Gasteiger partial charge is 0.364 e. The van der Waals surface area contributed by atoms with Gasteiger partial charge in [-0.25, -0.2) is 15.0 Å². The molecule has 3 aromatic heterocycles. The summed E-state index contributed by atoms with van der Waals surface area (Å²) in [6.07, 6.45) is 5.23. The minimum absolute atomic E-state index is 0.587. The van der Waals surface area contributed by atoms with E-state index in [0.29, 0.717) is 12.2 Å². The van der Waals surface area contributed by atoms with Gasteiger partial charge >= 0.3 is 0 Å². The maximum absolute atomic E-state index is 4.86. The lowest BCUT2D eigenvalue weighted by Crippen LogP contribution is -2.03. The smallest absolute Gasteiger partial charge is 0.182 e. The molecule has 2 aromatic carbocycles. The number of fused-ring (bicyclic) bond motifs is 1. The first-order valence-electron chi connectivity index (χ1n) is 9.40. The zero-order valence-corrected chi connectivity index (χ0v) is 15.7. The standard InChI is InChI=1S/C22H19N7/c1-3-7-16(8-4-1)12-29-13-18(19(28-29)17-9-5-2-6-10-17)11-23-21-20-22(25-14-24-20)27-15-26-21/h1-10,13-15H,11-12H2,(H2,23,24,25,26,27). The number of nitrogens with zero attached hydrogens (tertiary/aromatic N) is 5. The molecule has 0 unspecified atom stereocenters. The van der Waals surface area contributed by atoms with Gasteiger partial charge in [-0.05, 0) is 5.56 Å². The number of benzene rings is 2. The van der Waals surface area contributed by atoms with Crippen molar-refractivity contribution in [2.45, 2.75) is 13.1 Å². The van der Waals surface area contributed by atoms with Gasteiger partial charge in [0.25, 0.3) is 0 Å². The quantitative estimate of drug-likeness (QED) is 0.466. The molecule has 7 heteroatoms. The van der Waals surface area contributed by atoms with Crippen LogP contribution >= 0.6 is 0 Å². The Kier molecular flexibility index (Phi) is 4.46. The van der Waals surface area contributed by atoms with Gasteiger partial charge in [-0.1, -0.05) is 60.7 Å². The van der Waals surface area contributed by atoms with Gasteiger partial charge in [0.1, 0.15) is 11.8 Å². The molecule has 0 radical (unpaired) electrons. The number of nitrogens with one attached hydrogen (secondary N) is 2. The molecule has 0 aliphatic heterocycles. The molecular formula is C22H19N7. The number of imidazole rings is 1. The van der Waals surface area contributed by atoms with E-state index in [9.17, 15) is 0 Å². The van der Waals surface area contributed by atoms with Crippen molar-refractivity contribution in [1.82, 2.24) is 29.7 Å². The number of rotatable bonds is 6. The van der Waals surface area contributed by atoms with Gasteiger partial charge < -0.3 is 10.3 Å². The van der Waals surface area contributed by atoms with E-state index in [2.05, 4.69) is 55.7 Å². The van der Waals surface area contributed by atoms with Crippen LogP contribution in [-0.2, 0) is 13.1 Å². The molecule has 5 aromatic rings. The van der Waals surface area contributed by atoms with E-state index in [4.69, 9.17) is 5.10 Å². The molecule has 0 fully saturated rings. The maximum atomic E-state index is 4.86. The summed E-state index contributed by atoms with van der Waals surface area (Å²) in [7, 11) is 0. The summed E-state index contributed by atoms with van der Waals surface area (Å²) in [5, 5.41) is 8.27. The lowest BCUT2D eigenvalue weighted by atomic mass is 10.1. The topological polar surface area (TPSA) is 84.3 Å². The Balaban J connectivity index is 1.46. The van der Waals surface area contributed by atoms with Crippen molar-refractivity contribution in [1.29, 1.82) is 0 Å². The molecule has 2 N–H and O–H groups in total. The molecule has 0 amide bonds. The third-order valence-electron chi connectivity index (χ3n) is 4.74. The average Bonchev–Trinajstić information content (AvgIpc) is 3.41. The molecule has 29 heavy (non-hydrogen) atoms. The van der Waals surface area contributed by atoms with Crippen molar-refractivity contribution in [3.05, 3.63) is 90.6 Å². The second-order valence-electron chi connectivity index (χ2n) is 6.73. The van der Waals surface area contributed by atoms with E-state index in [0.717, 1.165) is 34.7 Å². The minimum atomic E-state index is 0.587. The maximum Gasteiger partial charge on any atom is 0.182 e. The SMILES string of the molecule is c1ccc(Cn2cc(CNc3ncnc4nc[nH]c34)c(-c3ccccc3)n2)cc1. The Labute approximate surface area is 167 Å². The molecule has 0 aliphatic carbocycles. The second kappa shape index (κ2) is 7.55. The van der Waals surface area contributed by atoms with Crippen LogP contribution in [0.3, 0.4) is 0 Å². The first-order chi connectivity index (χ1) is 14.4. The van der Waals surface area contributed by atoms with Gasteiger partial charge in [-0.2, -0.15) is 5.10 Å². The van der Waals surface area contributed by atoms with Crippen molar-refractivity contribution in [3.63, 3.8) is 0 Å². The first kappa shape index (κ1) is 17.1. The molecule has 7 nitrogen and oxygen atoms in total. The number of anilines is 1. The highest BCUT2D eigenvalue weighted by Crippen LogP contribution is 2.24. The number of aromatic nitrogens is 6. The Morgan fingerprint density at radius 2 is 1.69 bits per heavy atom. The van der Waals surface area contributed by atoms with Crippen LogP contribution in [-0.4, -0.2) is 29.7 Å². The van der Waals surface area contributed by atoms with Crippen molar-refractivity contribution in [2.24, 2.45) is 0 Å². The van der Waals surface area contributed by atoms with Crippen LogP contribution in [0.1, 0.15) is 11.1 Å². The van der Waals surface area contributed by atoms with Crippen LogP contribution < -0.4 is 5.32 Å². The van der Waals surface area contributed by atoms with Gasteiger partial charge in [-0.15, -0.1) is 0 Å². The van der Waals surface area contributed by atoms with Crippen molar-refractivity contribution in [2.75, 3.05) is 5.32 Å².